The number of rotatable bonds is 1. The highest BCUT2D eigenvalue weighted by atomic mass is 16.5. The van der Waals surface area contributed by atoms with Gasteiger partial charge in [0.05, 0.1) is 13.2 Å². The summed E-state index contributed by atoms with van der Waals surface area (Å²) in [5, 5.41) is 3.17. The Bertz CT molecular complexity index is 229. The van der Waals surface area contributed by atoms with E-state index in [0.717, 1.165) is 25.9 Å². The predicted octanol–water partition coefficient (Wildman–Crippen LogP) is -1.08. The van der Waals surface area contributed by atoms with E-state index in [1.54, 1.807) is 0 Å². The number of morpholine rings is 1. The summed E-state index contributed by atoms with van der Waals surface area (Å²) in [5.74, 6) is 0.143. The van der Waals surface area contributed by atoms with Gasteiger partial charge in [-0.05, 0) is 12.8 Å². The van der Waals surface area contributed by atoms with Crippen LogP contribution in [-0.2, 0) is 9.53 Å². The Labute approximate surface area is 89.9 Å². The van der Waals surface area contributed by atoms with Crippen LogP contribution in [0.2, 0.25) is 0 Å². The van der Waals surface area contributed by atoms with E-state index in [2.05, 4.69) is 5.32 Å². The van der Waals surface area contributed by atoms with Crippen LogP contribution in [0.3, 0.4) is 0 Å². The zero-order valence-electron chi connectivity index (χ0n) is 8.95. The van der Waals surface area contributed by atoms with Crippen molar-refractivity contribution in [2.45, 2.75) is 24.9 Å². The first-order valence-electron chi connectivity index (χ1n) is 5.63. The molecule has 1 amide bonds. The van der Waals surface area contributed by atoms with Crippen molar-refractivity contribution in [3.05, 3.63) is 0 Å². The number of hydrogen-bond acceptors (Lipinski definition) is 4. The molecule has 2 heterocycles. The number of likely N-dealkylation sites (tertiary alicyclic amines) is 1. The number of ether oxygens (including phenoxy) is 1. The van der Waals surface area contributed by atoms with Crippen molar-refractivity contribution in [3.63, 3.8) is 0 Å². The lowest BCUT2D eigenvalue weighted by Crippen LogP contribution is -2.56. The molecule has 2 fully saturated rings. The smallest absolute Gasteiger partial charge is 0.242 e. The van der Waals surface area contributed by atoms with E-state index >= 15 is 0 Å². The van der Waals surface area contributed by atoms with E-state index in [1.807, 2.05) is 4.90 Å². The molecular formula is C10H19N3O2. The standard InChI is InChI=1S/C10H19N3O2/c11-8-2-1-4-13(6-8)10(14)9-7-15-5-3-12-9/h8-9,12H,1-7,11H2/t8-,9?/m1/s1. The molecule has 0 radical (unpaired) electrons. The number of hydrogen-bond donors (Lipinski definition) is 2. The summed E-state index contributed by atoms with van der Waals surface area (Å²) in [7, 11) is 0. The molecule has 0 aromatic carbocycles. The predicted molar refractivity (Wildman–Crippen MR) is 56.4 cm³/mol. The quantitative estimate of drug-likeness (QED) is 0.582. The molecule has 0 aromatic rings. The maximum Gasteiger partial charge on any atom is 0.242 e. The lowest BCUT2D eigenvalue weighted by molar-refractivity contribution is -0.137. The van der Waals surface area contributed by atoms with Crippen LogP contribution in [0.1, 0.15) is 12.8 Å². The Morgan fingerprint density at radius 1 is 1.53 bits per heavy atom. The summed E-state index contributed by atoms with van der Waals surface area (Å²) < 4.78 is 5.28. The summed E-state index contributed by atoms with van der Waals surface area (Å²) in [6.45, 7) is 3.48. The van der Waals surface area contributed by atoms with Gasteiger partial charge < -0.3 is 20.7 Å². The monoisotopic (exact) mass is 213 g/mol. The second kappa shape index (κ2) is 4.92. The van der Waals surface area contributed by atoms with E-state index in [0.29, 0.717) is 19.8 Å². The van der Waals surface area contributed by atoms with Crippen LogP contribution in [0.5, 0.6) is 0 Å². The van der Waals surface area contributed by atoms with Crippen LogP contribution in [-0.4, -0.2) is 55.7 Å². The number of nitrogens with zero attached hydrogens (tertiary/aromatic N) is 1. The van der Waals surface area contributed by atoms with Crippen molar-refractivity contribution >= 4 is 5.91 Å². The van der Waals surface area contributed by atoms with Crippen molar-refractivity contribution in [2.24, 2.45) is 5.73 Å². The van der Waals surface area contributed by atoms with Crippen LogP contribution in [0.15, 0.2) is 0 Å². The van der Waals surface area contributed by atoms with Gasteiger partial charge in [-0.15, -0.1) is 0 Å². The van der Waals surface area contributed by atoms with Gasteiger partial charge in [-0.25, -0.2) is 0 Å². The molecule has 0 aliphatic carbocycles. The Hall–Kier alpha value is -0.650. The first-order valence-corrected chi connectivity index (χ1v) is 5.63. The zero-order valence-corrected chi connectivity index (χ0v) is 8.95. The van der Waals surface area contributed by atoms with Gasteiger partial charge in [0, 0.05) is 25.7 Å². The molecule has 5 nitrogen and oxygen atoms in total. The van der Waals surface area contributed by atoms with E-state index in [9.17, 15) is 4.79 Å². The summed E-state index contributed by atoms with van der Waals surface area (Å²) in [6.07, 6.45) is 2.04. The second-order valence-corrected chi connectivity index (χ2v) is 4.27. The van der Waals surface area contributed by atoms with E-state index in [1.165, 1.54) is 0 Å². The summed E-state index contributed by atoms with van der Waals surface area (Å²) in [5.41, 5.74) is 5.85. The third-order valence-corrected chi connectivity index (χ3v) is 2.99. The van der Waals surface area contributed by atoms with Crippen LogP contribution >= 0.6 is 0 Å². The molecule has 0 aromatic heterocycles. The van der Waals surface area contributed by atoms with Gasteiger partial charge >= 0.3 is 0 Å². The minimum Gasteiger partial charge on any atom is -0.378 e. The maximum atomic E-state index is 12.0. The molecule has 86 valence electrons. The minimum absolute atomic E-state index is 0.143. The topological polar surface area (TPSA) is 67.6 Å². The van der Waals surface area contributed by atoms with E-state index in [4.69, 9.17) is 10.5 Å². The first-order chi connectivity index (χ1) is 7.27. The van der Waals surface area contributed by atoms with Gasteiger partial charge in [0.2, 0.25) is 5.91 Å². The average Bonchev–Trinajstić information content (AvgIpc) is 2.29. The Morgan fingerprint density at radius 3 is 3.07 bits per heavy atom. The minimum atomic E-state index is -0.163. The highest BCUT2D eigenvalue weighted by Gasteiger charge is 2.28. The van der Waals surface area contributed by atoms with Crippen LogP contribution in [0.25, 0.3) is 0 Å². The number of amides is 1. The molecule has 2 aliphatic heterocycles. The van der Waals surface area contributed by atoms with Crippen molar-refractivity contribution < 1.29 is 9.53 Å². The first kappa shape index (κ1) is 10.9. The molecule has 0 saturated carbocycles. The number of carbonyl (C=O) groups excluding carboxylic acids is 1. The molecule has 2 atom stereocenters. The van der Waals surface area contributed by atoms with Crippen molar-refractivity contribution in [3.8, 4) is 0 Å². The third kappa shape index (κ3) is 2.68. The zero-order chi connectivity index (χ0) is 10.7. The van der Waals surface area contributed by atoms with Crippen LogP contribution < -0.4 is 11.1 Å². The van der Waals surface area contributed by atoms with Crippen LogP contribution in [0.4, 0.5) is 0 Å². The van der Waals surface area contributed by atoms with Gasteiger partial charge in [-0.1, -0.05) is 0 Å². The van der Waals surface area contributed by atoms with E-state index < -0.39 is 0 Å². The van der Waals surface area contributed by atoms with Gasteiger partial charge in [0.25, 0.3) is 0 Å². The average molecular weight is 213 g/mol. The van der Waals surface area contributed by atoms with Crippen molar-refractivity contribution in [1.82, 2.24) is 10.2 Å². The normalized spacial score (nSPS) is 32.7. The lowest BCUT2D eigenvalue weighted by Gasteiger charge is -2.34. The number of nitrogens with one attached hydrogen (secondary N) is 1. The third-order valence-electron chi connectivity index (χ3n) is 2.99. The summed E-state index contributed by atoms with van der Waals surface area (Å²) in [6, 6.07) is -0.0174. The molecular weight excluding hydrogens is 194 g/mol. The fraction of sp³-hybridized carbons (Fsp3) is 0.900. The second-order valence-electron chi connectivity index (χ2n) is 4.27. The Balaban J connectivity index is 1.88. The summed E-state index contributed by atoms with van der Waals surface area (Å²) >= 11 is 0. The SMILES string of the molecule is N[C@@H]1CCCN(C(=O)C2COCCN2)C1. The lowest BCUT2D eigenvalue weighted by atomic mass is 10.1. The fourth-order valence-corrected chi connectivity index (χ4v) is 2.15. The van der Waals surface area contributed by atoms with Gasteiger partial charge in [0.1, 0.15) is 6.04 Å². The largest absolute Gasteiger partial charge is 0.378 e. The molecule has 3 N–H and O–H groups in total. The van der Waals surface area contributed by atoms with Gasteiger partial charge in [-0.2, -0.15) is 0 Å². The van der Waals surface area contributed by atoms with Crippen molar-refractivity contribution in [2.75, 3.05) is 32.8 Å². The molecule has 0 bridgehead atoms. The van der Waals surface area contributed by atoms with Crippen molar-refractivity contribution in [1.29, 1.82) is 0 Å². The Morgan fingerprint density at radius 2 is 2.40 bits per heavy atom. The molecule has 5 heteroatoms. The molecule has 2 rings (SSSR count). The highest BCUT2D eigenvalue weighted by molar-refractivity contribution is 5.82. The molecule has 2 saturated heterocycles. The molecule has 15 heavy (non-hydrogen) atoms. The Kier molecular flexibility index (Phi) is 3.56. The molecule has 0 spiro atoms. The van der Waals surface area contributed by atoms with Gasteiger partial charge in [-0.3, -0.25) is 4.79 Å². The number of nitrogens with two attached hydrogens (primary N) is 1. The van der Waals surface area contributed by atoms with E-state index in [-0.39, 0.29) is 18.0 Å². The van der Waals surface area contributed by atoms with Gasteiger partial charge in [0.15, 0.2) is 0 Å². The van der Waals surface area contributed by atoms with Crippen LogP contribution in [0, 0.1) is 0 Å². The number of piperidine rings is 1. The fourth-order valence-electron chi connectivity index (χ4n) is 2.15. The molecule has 1 unspecified atom stereocenters. The summed E-state index contributed by atoms with van der Waals surface area (Å²) in [4.78, 5) is 13.9. The number of carbonyl (C=O) groups is 1. The maximum absolute atomic E-state index is 12.0. The molecule has 2 aliphatic rings. The highest BCUT2D eigenvalue weighted by Crippen LogP contribution is 2.10.